The van der Waals surface area contributed by atoms with Crippen molar-refractivity contribution < 1.29 is 4.79 Å². The summed E-state index contributed by atoms with van der Waals surface area (Å²) in [6, 6.07) is 0. The minimum atomic E-state index is 0.238. The van der Waals surface area contributed by atoms with E-state index in [9.17, 15) is 4.79 Å². The molecule has 0 aromatic carbocycles. The molecule has 0 fully saturated rings. The second-order valence-corrected chi connectivity index (χ2v) is 3.72. The van der Waals surface area contributed by atoms with E-state index in [-0.39, 0.29) is 5.78 Å². The molecular formula is C13H22O. The predicted molar refractivity (Wildman–Crippen MR) is 61.1 cm³/mol. The van der Waals surface area contributed by atoms with Crippen molar-refractivity contribution in [3.8, 4) is 11.8 Å². The van der Waals surface area contributed by atoms with E-state index in [1.165, 1.54) is 32.1 Å². The number of unbranched alkanes of at least 4 members (excludes halogenated alkanes) is 5. The molecule has 0 aliphatic heterocycles. The molecule has 0 amide bonds. The maximum absolute atomic E-state index is 10.6. The van der Waals surface area contributed by atoms with Crippen LogP contribution in [0.5, 0.6) is 0 Å². The van der Waals surface area contributed by atoms with Crippen LogP contribution in [0.25, 0.3) is 0 Å². The zero-order valence-corrected chi connectivity index (χ0v) is 9.57. The van der Waals surface area contributed by atoms with Gasteiger partial charge in [-0.05, 0) is 13.3 Å². The Balaban J connectivity index is 3.13. The lowest BCUT2D eigenvalue weighted by Crippen LogP contribution is -1.86. The fourth-order valence-electron chi connectivity index (χ4n) is 1.23. The van der Waals surface area contributed by atoms with E-state index >= 15 is 0 Å². The third kappa shape index (κ3) is 11.2. The summed E-state index contributed by atoms with van der Waals surface area (Å²) in [5.41, 5.74) is 0. The molecule has 0 saturated heterocycles. The number of rotatable bonds is 7. The molecule has 0 saturated carbocycles. The second kappa shape index (κ2) is 10.3. The molecular weight excluding hydrogens is 172 g/mol. The summed E-state index contributed by atoms with van der Waals surface area (Å²) in [5, 5.41) is 0. The van der Waals surface area contributed by atoms with Gasteiger partial charge in [0.1, 0.15) is 5.78 Å². The number of hydrogen-bond acceptors (Lipinski definition) is 1. The van der Waals surface area contributed by atoms with Crippen LogP contribution in [0, 0.1) is 11.8 Å². The highest BCUT2D eigenvalue weighted by Crippen LogP contribution is 2.03. The highest BCUT2D eigenvalue weighted by Gasteiger charge is 1.88. The van der Waals surface area contributed by atoms with Gasteiger partial charge in [0.2, 0.25) is 0 Å². The summed E-state index contributed by atoms with van der Waals surface area (Å²) in [4.78, 5) is 10.6. The topological polar surface area (TPSA) is 17.1 Å². The highest BCUT2D eigenvalue weighted by atomic mass is 16.1. The van der Waals surface area contributed by atoms with E-state index in [1.54, 1.807) is 6.92 Å². The van der Waals surface area contributed by atoms with Crippen LogP contribution in [0.3, 0.4) is 0 Å². The van der Waals surface area contributed by atoms with Crippen molar-refractivity contribution in [2.24, 2.45) is 0 Å². The average Bonchev–Trinajstić information content (AvgIpc) is 2.15. The minimum Gasteiger partial charge on any atom is -0.300 e. The van der Waals surface area contributed by atoms with E-state index in [1.807, 2.05) is 0 Å². The molecule has 0 aliphatic rings. The quantitative estimate of drug-likeness (QED) is 0.446. The molecule has 1 heteroatoms. The Morgan fingerprint density at radius 2 is 1.64 bits per heavy atom. The molecule has 80 valence electrons. The molecule has 14 heavy (non-hydrogen) atoms. The van der Waals surface area contributed by atoms with Crippen LogP contribution in [-0.2, 0) is 4.79 Å². The fourth-order valence-corrected chi connectivity index (χ4v) is 1.23. The lowest BCUT2D eigenvalue weighted by Gasteiger charge is -1.94. The molecule has 0 N–H and O–H groups in total. The van der Waals surface area contributed by atoms with Crippen molar-refractivity contribution in [2.45, 2.75) is 65.2 Å². The van der Waals surface area contributed by atoms with Crippen molar-refractivity contribution in [1.29, 1.82) is 0 Å². The molecule has 0 rings (SSSR count). The summed E-state index contributed by atoms with van der Waals surface area (Å²) in [6.45, 7) is 3.84. The predicted octanol–water partition coefficient (Wildman–Crippen LogP) is 3.72. The Morgan fingerprint density at radius 3 is 2.29 bits per heavy atom. The van der Waals surface area contributed by atoms with Crippen molar-refractivity contribution in [1.82, 2.24) is 0 Å². The number of Topliss-reactive ketones (excluding diaryl/α,β-unsaturated/α-hetero) is 1. The highest BCUT2D eigenvalue weighted by molar-refractivity contribution is 5.75. The van der Waals surface area contributed by atoms with E-state index in [2.05, 4.69) is 18.8 Å². The Labute approximate surface area is 88.3 Å². The Bertz CT molecular complexity index is 195. The minimum absolute atomic E-state index is 0.238. The van der Waals surface area contributed by atoms with Gasteiger partial charge in [0.25, 0.3) is 0 Å². The van der Waals surface area contributed by atoms with E-state index in [0.717, 1.165) is 12.8 Å². The maximum Gasteiger partial charge on any atom is 0.130 e. The van der Waals surface area contributed by atoms with Gasteiger partial charge in [-0.3, -0.25) is 4.79 Å². The van der Waals surface area contributed by atoms with Crippen LogP contribution in [0.2, 0.25) is 0 Å². The molecule has 0 aliphatic carbocycles. The van der Waals surface area contributed by atoms with Gasteiger partial charge in [-0.15, -0.1) is 11.8 Å². The molecule has 0 spiro atoms. The van der Waals surface area contributed by atoms with Gasteiger partial charge in [0.05, 0.1) is 0 Å². The summed E-state index contributed by atoms with van der Waals surface area (Å²) >= 11 is 0. The zero-order valence-electron chi connectivity index (χ0n) is 9.57. The Hall–Kier alpha value is -0.770. The van der Waals surface area contributed by atoms with Gasteiger partial charge in [-0.2, -0.15) is 0 Å². The molecule has 0 heterocycles. The van der Waals surface area contributed by atoms with Gasteiger partial charge in [0.15, 0.2) is 0 Å². The van der Waals surface area contributed by atoms with Crippen molar-refractivity contribution >= 4 is 5.78 Å². The molecule has 0 aromatic heterocycles. The molecule has 0 bridgehead atoms. The van der Waals surface area contributed by atoms with Crippen molar-refractivity contribution in [3.05, 3.63) is 0 Å². The van der Waals surface area contributed by atoms with Crippen LogP contribution in [0.4, 0.5) is 0 Å². The first-order valence-electron chi connectivity index (χ1n) is 5.72. The van der Waals surface area contributed by atoms with Crippen LogP contribution in [-0.4, -0.2) is 5.78 Å². The SMILES string of the molecule is CCCCCCCC#CCCC(C)=O. The lowest BCUT2D eigenvalue weighted by molar-refractivity contribution is -0.116. The maximum atomic E-state index is 10.6. The second-order valence-electron chi connectivity index (χ2n) is 3.72. The zero-order chi connectivity index (χ0) is 10.6. The standard InChI is InChI=1S/C13H22O/c1-3-4-5-6-7-8-9-10-11-12-13(2)14/h3-8,11-12H2,1-2H3. The van der Waals surface area contributed by atoms with Gasteiger partial charge in [-0.1, -0.05) is 32.6 Å². The smallest absolute Gasteiger partial charge is 0.130 e. The van der Waals surface area contributed by atoms with Crippen LogP contribution >= 0.6 is 0 Å². The van der Waals surface area contributed by atoms with Crippen molar-refractivity contribution in [2.75, 3.05) is 0 Å². The number of carbonyl (C=O) groups excluding carboxylic acids is 1. The first-order valence-corrected chi connectivity index (χ1v) is 5.72. The van der Waals surface area contributed by atoms with Crippen LogP contribution in [0.1, 0.15) is 65.2 Å². The summed E-state index contributed by atoms with van der Waals surface area (Å²) < 4.78 is 0. The van der Waals surface area contributed by atoms with Gasteiger partial charge in [-0.25, -0.2) is 0 Å². The third-order valence-electron chi connectivity index (χ3n) is 2.13. The Kier molecular flexibility index (Phi) is 9.74. The summed E-state index contributed by atoms with van der Waals surface area (Å²) in [6.07, 6.45) is 8.85. The van der Waals surface area contributed by atoms with E-state index < -0.39 is 0 Å². The largest absolute Gasteiger partial charge is 0.300 e. The lowest BCUT2D eigenvalue weighted by atomic mass is 10.1. The van der Waals surface area contributed by atoms with E-state index in [4.69, 9.17) is 0 Å². The summed E-state index contributed by atoms with van der Waals surface area (Å²) in [7, 11) is 0. The molecule has 0 unspecified atom stereocenters. The fraction of sp³-hybridized carbons (Fsp3) is 0.769. The summed E-state index contributed by atoms with van der Waals surface area (Å²) in [5.74, 6) is 6.39. The third-order valence-corrected chi connectivity index (χ3v) is 2.13. The normalized spacial score (nSPS) is 9.29. The number of ketones is 1. The Morgan fingerprint density at radius 1 is 1.00 bits per heavy atom. The number of carbonyl (C=O) groups is 1. The molecule has 0 atom stereocenters. The monoisotopic (exact) mass is 194 g/mol. The molecule has 0 aromatic rings. The van der Waals surface area contributed by atoms with Gasteiger partial charge >= 0.3 is 0 Å². The van der Waals surface area contributed by atoms with E-state index in [0.29, 0.717) is 6.42 Å². The van der Waals surface area contributed by atoms with Crippen molar-refractivity contribution in [3.63, 3.8) is 0 Å². The van der Waals surface area contributed by atoms with Crippen LogP contribution < -0.4 is 0 Å². The average molecular weight is 194 g/mol. The number of hydrogen-bond donors (Lipinski definition) is 0. The van der Waals surface area contributed by atoms with Gasteiger partial charge in [0, 0.05) is 19.3 Å². The first kappa shape index (κ1) is 13.2. The first-order chi connectivity index (χ1) is 6.77. The molecule has 1 nitrogen and oxygen atoms in total. The van der Waals surface area contributed by atoms with Gasteiger partial charge < -0.3 is 0 Å². The van der Waals surface area contributed by atoms with Crippen LogP contribution in [0.15, 0.2) is 0 Å². The molecule has 0 radical (unpaired) electrons.